The van der Waals surface area contributed by atoms with Gasteiger partial charge in [0, 0.05) is 0 Å². The van der Waals surface area contributed by atoms with E-state index in [1.54, 1.807) is 0 Å². The van der Waals surface area contributed by atoms with E-state index in [0.717, 1.165) is 19.3 Å². The topological polar surface area (TPSA) is 20.2 Å². The summed E-state index contributed by atoms with van der Waals surface area (Å²) in [4.78, 5) is 0. The van der Waals surface area contributed by atoms with Gasteiger partial charge in [-0.3, -0.25) is 0 Å². The number of rotatable bonds is 4. The van der Waals surface area contributed by atoms with Crippen molar-refractivity contribution in [2.45, 2.75) is 26.2 Å². The Balaban J connectivity index is 0.00000132. The van der Waals surface area contributed by atoms with Crippen LogP contribution in [0.2, 0.25) is 0 Å². The van der Waals surface area contributed by atoms with Crippen molar-refractivity contribution >= 4 is 8.85 Å². The van der Waals surface area contributed by atoms with Crippen molar-refractivity contribution in [1.29, 1.82) is 0 Å². The molecule has 4 heteroatoms. The van der Waals surface area contributed by atoms with Gasteiger partial charge in [0.15, 0.2) is 0 Å². The molecule has 0 spiro atoms. The average Bonchev–Trinajstić information content (AvgIpc) is 3.08. The Morgan fingerprint density at radius 1 is 1.17 bits per heavy atom. The van der Waals surface area contributed by atoms with Crippen LogP contribution in [0.15, 0.2) is 59.2 Å². The van der Waals surface area contributed by atoms with Crippen LogP contribution >= 0.6 is 0 Å². The molecule has 2 aliphatic rings. The van der Waals surface area contributed by atoms with E-state index in [1.807, 2.05) is 0 Å². The van der Waals surface area contributed by atoms with Gasteiger partial charge >= 0.3 is 142 Å². The maximum absolute atomic E-state index is 8.98. The summed E-state index contributed by atoms with van der Waals surface area (Å²) < 4.78 is 1.48. The smallest absolute Gasteiger partial charge is 1.00 e. The second kappa shape index (κ2) is 9.18. The van der Waals surface area contributed by atoms with Crippen molar-refractivity contribution in [1.82, 2.24) is 0 Å². The number of allylic oxidation sites excluding steroid dienone is 7. The molecule has 0 saturated carbocycles. The maximum Gasteiger partial charge on any atom is -1.00 e. The number of aliphatic hydroxyl groups is 1. The zero-order chi connectivity index (χ0) is 14.8. The molecule has 119 valence electrons. The largest absolute Gasteiger partial charge is 1.00 e. The molecule has 1 aromatic rings. The summed E-state index contributed by atoms with van der Waals surface area (Å²) in [5, 5.41) is 8.98. The number of fused-ring (bicyclic) bond motifs is 1. The normalized spacial score (nSPS) is 17.5. The molecule has 23 heavy (non-hydrogen) atoms. The predicted molar refractivity (Wildman–Crippen MR) is 84.1 cm³/mol. The Kier molecular flexibility index (Phi) is 8.24. The molecule has 0 saturated heterocycles. The number of benzene rings is 1. The number of hydrogen-bond donors (Lipinski definition) is 1. The molecule has 0 aliphatic heterocycles. The quantitative estimate of drug-likeness (QED) is 0.616. The monoisotopic (exact) mass is 423 g/mol. The minimum absolute atomic E-state index is 0. The van der Waals surface area contributed by atoms with Gasteiger partial charge < -0.3 is 24.8 Å². The molecule has 0 unspecified atom stereocenters. The SMILES string of the molecule is CC=C1C(C2=CC(CCCO)=CC2)=[C]([Zr+2])c2ccccc21.[Cl-].[Cl-]. The fourth-order valence-electron chi connectivity index (χ4n) is 3.19. The van der Waals surface area contributed by atoms with Crippen LogP contribution < -0.4 is 24.8 Å². The van der Waals surface area contributed by atoms with Crippen LogP contribution in [0.5, 0.6) is 0 Å². The minimum atomic E-state index is 0. The summed E-state index contributed by atoms with van der Waals surface area (Å²) in [5.74, 6) is 0. The molecule has 1 N–H and O–H groups in total. The van der Waals surface area contributed by atoms with Crippen molar-refractivity contribution in [3.8, 4) is 0 Å². The summed E-state index contributed by atoms with van der Waals surface area (Å²) in [6, 6.07) is 8.73. The van der Waals surface area contributed by atoms with E-state index in [2.05, 4.69) is 49.4 Å². The molecule has 3 rings (SSSR count). The van der Waals surface area contributed by atoms with Gasteiger partial charge in [0.05, 0.1) is 0 Å². The average molecular weight is 425 g/mol. The van der Waals surface area contributed by atoms with E-state index < -0.39 is 0 Å². The van der Waals surface area contributed by atoms with E-state index in [-0.39, 0.29) is 31.4 Å². The summed E-state index contributed by atoms with van der Waals surface area (Å²) >= 11 is 1.48. The Labute approximate surface area is 165 Å². The molecule has 0 amide bonds. The first-order chi connectivity index (χ1) is 10.3. The second-order valence-corrected chi connectivity index (χ2v) is 6.71. The van der Waals surface area contributed by atoms with Crippen molar-refractivity contribution in [2.75, 3.05) is 6.61 Å². The van der Waals surface area contributed by atoms with Gasteiger partial charge in [0.1, 0.15) is 0 Å². The molecule has 0 aromatic heterocycles. The molecule has 2 aliphatic carbocycles. The van der Waals surface area contributed by atoms with Gasteiger partial charge in [-0.05, 0) is 0 Å². The Morgan fingerprint density at radius 3 is 2.52 bits per heavy atom. The minimum Gasteiger partial charge on any atom is -1.00 e. The van der Waals surface area contributed by atoms with Crippen LogP contribution in [0.25, 0.3) is 8.85 Å². The third kappa shape index (κ3) is 3.99. The van der Waals surface area contributed by atoms with Crippen LogP contribution in [-0.2, 0) is 24.7 Å². The van der Waals surface area contributed by atoms with Crippen LogP contribution in [-0.4, -0.2) is 11.7 Å². The molecular weight excluding hydrogens is 406 g/mol. The number of hydrogen-bond acceptors (Lipinski definition) is 1. The van der Waals surface area contributed by atoms with Gasteiger partial charge in [-0.2, -0.15) is 0 Å². The molecule has 1 aromatic carbocycles. The first-order valence-electron chi connectivity index (χ1n) is 7.49. The second-order valence-electron chi connectivity index (χ2n) is 5.48. The zero-order valence-corrected chi connectivity index (χ0v) is 17.0. The van der Waals surface area contributed by atoms with E-state index in [1.165, 1.54) is 61.4 Å². The van der Waals surface area contributed by atoms with Crippen LogP contribution in [0.1, 0.15) is 37.3 Å². The third-order valence-electron chi connectivity index (χ3n) is 4.18. The van der Waals surface area contributed by atoms with Crippen LogP contribution in [0.3, 0.4) is 0 Å². The third-order valence-corrected chi connectivity index (χ3v) is 5.46. The Bertz CT molecular complexity index is 699. The molecule has 1 nitrogen and oxygen atoms in total. The van der Waals surface area contributed by atoms with Crippen molar-refractivity contribution in [3.05, 3.63) is 70.3 Å². The number of halogens is 2. The maximum atomic E-state index is 8.98. The molecular formula is C19H19Cl2OZr. The summed E-state index contributed by atoms with van der Waals surface area (Å²) in [6.07, 6.45) is 9.77. The summed E-state index contributed by atoms with van der Waals surface area (Å²) in [6.45, 7) is 2.41. The molecule has 0 bridgehead atoms. The van der Waals surface area contributed by atoms with Gasteiger partial charge in [-0.25, -0.2) is 0 Å². The van der Waals surface area contributed by atoms with E-state index >= 15 is 0 Å². The van der Waals surface area contributed by atoms with Crippen LogP contribution in [0.4, 0.5) is 0 Å². The van der Waals surface area contributed by atoms with E-state index in [0.29, 0.717) is 0 Å². The van der Waals surface area contributed by atoms with Gasteiger partial charge in [0.25, 0.3) is 0 Å². The summed E-state index contributed by atoms with van der Waals surface area (Å²) in [7, 11) is 0. The Morgan fingerprint density at radius 2 is 1.87 bits per heavy atom. The van der Waals surface area contributed by atoms with Gasteiger partial charge in [0.2, 0.25) is 0 Å². The van der Waals surface area contributed by atoms with Crippen molar-refractivity contribution < 1.29 is 54.6 Å². The van der Waals surface area contributed by atoms with E-state index in [4.69, 9.17) is 5.11 Å². The first kappa shape index (κ1) is 20.6. The molecule has 0 atom stereocenters. The molecule has 0 radical (unpaired) electrons. The van der Waals surface area contributed by atoms with Gasteiger partial charge in [-0.15, -0.1) is 0 Å². The zero-order valence-electron chi connectivity index (χ0n) is 13.1. The van der Waals surface area contributed by atoms with E-state index in [9.17, 15) is 0 Å². The van der Waals surface area contributed by atoms with Crippen molar-refractivity contribution in [2.24, 2.45) is 0 Å². The molecule has 0 fully saturated rings. The first-order valence-corrected chi connectivity index (χ1v) is 8.72. The van der Waals surface area contributed by atoms with Gasteiger partial charge in [-0.1, -0.05) is 0 Å². The predicted octanol–water partition coefficient (Wildman–Crippen LogP) is -1.60. The fraction of sp³-hybridized carbons (Fsp3) is 0.263. The fourth-order valence-corrected chi connectivity index (χ4v) is 4.45. The van der Waals surface area contributed by atoms with Crippen LogP contribution in [0, 0.1) is 0 Å². The summed E-state index contributed by atoms with van der Waals surface area (Å²) in [5.41, 5.74) is 8.45. The van der Waals surface area contributed by atoms with Crippen molar-refractivity contribution in [3.63, 3.8) is 0 Å². The molecule has 0 heterocycles. The number of aliphatic hydroxyl groups excluding tert-OH is 1. The standard InChI is InChI=1S/C19H19O.2ClH.Zr/c1-2-17-18-8-4-3-7-15(18)13-19(17)16-10-9-14(12-16)6-5-11-20;;;/h2-4,7-9,12,20H,5-6,10-11H2,1H3;2*1H;/q;;;+2/p-2. The Hall–Kier alpha value is -0.397.